The van der Waals surface area contributed by atoms with Crippen molar-refractivity contribution >= 4 is 17.6 Å². The first kappa shape index (κ1) is 16.3. The number of hydrogen-bond acceptors (Lipinski definition) is 2. The van der Waals surface area contributed by atoms with Crippen molar-refractivity contribution in [3.8, 4) is 0 Å². The van der Waals surface area contributed by atoms with Gasteiger partial charge in [-0.3, -0.25) is 0 Å². The van der Waals surface area contributed by atoms with Crippen molar-refractivity contribution in [1.82, 2.24) is 0 Å². The first-order valence-electron chi connectivity index (χ1n) is 7.73. The summed E-state index contributed by atoms with van der Waals surface area (Å²) in [6, 6.07) is 26.6. The van der Waals surface area contributed by atoms with Crippen molar-refractivity contribution in [2.45, 2.75) is 12.0 Å². The van der Waals surface area contributed by atoms with E-state index >= 15 is 0 Å². The van der Waals surface area contributed by atoms with Crippen molar-refractivity contribution < 1.29 is 9.53 Å². The first-order valence-corrected chi connectivity index (χ1v) is 8.27. The van der Waals surface area contributed by atoms with Crippen LogP contribution in [0.25, 0.3) is 0 Å². The summed E-state index contributed by atoms with van der Waals surface area (Å²) in [6.07, 6.45) is -0.437. The van der Waals surface area contributed by atoms with Crippen LogP contribution in [0.15, 0.2) is 84.9 Å². The fourth-order valence-corrected chi connectivity index (χ4v) is 2.67. The van der Waals surface area contributed by atoms with E-state index < -0.39 is 6.10 Å². The minimum atomic E-state index is -0.437. The SMILES string of the molecule is O=C(OC(c1ccccc1)c1ccccc1)c1ccc(CCl)cc1. The number of alkyl halides is 1. The van der Waals surface area contributed by atoms with Gasteiger partial charge in [-0.05, 0) is 28.8 Å². The third-order valence-electron chi connectivity index (χ3n) is 3.77. The third kappa shape index (κ3) is 3.84. The molecule has 3 aromatic carbocycles. The highest BCUT2D eigenvalue weighted by atomic mass is 35.5. The van der Waals surface area contributed by atoms with Crippen molar-refractivity contribution in [3.05, 3.63) is 107 Å². The number of ether oxygens (including phenoxy) is 1. The highest BCUT2D eigenvalue weighted by molar-refractivity contribution is 6.17. The maximum atomic E-state index is 12.5. The van der Waals surface area contributed by atoms with E-state index in [0.717, 1.165) is 16.7 Å². The van der Waals surface area contributed by atoms with Crippen molar-refractivity contribution in [2.75, 3.05) is 0 Å². The van der Waals surface area contributed by atoms with Crippen LogP contribution in [-0.2, 0) is 10.6 Å². The monoisotopic (exact) mass is 336 g/mol. The fraction of sp³-hybridized carbons (Fsp3) is 0.0952. The molecule has 0 aliphatic carbocycles. The van der Waals surface area contributed by atoms with Gasteiger partial charge in [0.2, 0.25) is 0 Å². The molecule has 3 aromatic rings. The first-order chi connectivity index (χ1) is 11.8. The van der Waals surface area contributed by atoms with Crippen LogP contribution < -0.4 is 0 Å². The predicted molar refractivity (Wildman–Crippen MR) is 96.1 cm³/mol. The average molecular weight is 337 g/mol. The van der Waals surface area contributed by atoms with Crippen LogP contribution in [0.3, 0.4) is 0 Å². The second-order valence-corrected chi connectivity index (χ2v) is 5.70. The van der Waals surface area contributed by atoms with Gasteiger partial charge in [-0.1, -0.05) is 72.8 Å². The zero-order valence-electron chi connectivity index (χ0n) is 13.1. The van der Waals surface area contributed by atoms with E-state index in [0.29, 0.717) is 11.4 Å². The van der Waals surface area contributed by atoms with Crippen molar-refractivity contribution in [2.24, 2.45) is 0 Å². The number of rotatable bonds is 5. The molecule has 2 nitrogen and oxygen atoms in total. The average Bonchev–Trinajstić information content (AvgIpc) is 2.67. The van der Waals surface area contributed by atoms with Gasteiger partial charge < -0.3 is 4.74 Å². The second kappa shape index (κ2) is 7.80. The Morgan fingerprint density at radius 1 is 0.792 bits per heavy atom. The quantitative estimate of drug-likeness (QED) is 0.462. The highest BCUT2D eigenvalue weighted by Gasteiger charge is 2.19. The summed E-state index contributed by atoms with van der Waals surface area (Å²) in [5.74, 6) is 0.0697. The van der Waals surface area contributed by atoms with Crippen molar-refractivity contribution in [3.63, 3.8) is 0 Å². The van der Waals surface area contributed by atoms with Crippen LogP contribution in [0.1, 0.15) is 33.2 Å². The molecule has 3 rings (SSSR count). The molecular weight excluding hydrogens is 320 g/mol. The summed E-state index contributed by atoms with van der Waals surface area (Å²) in [5, 5.41) is 0. The Morgan fingerprint density at radius 2 is 1.29 bits per heavy atom. The molecule has 0 unspecified atom stereocenters. The zero-order chi connectivity index (χ0) is 16.8. The van der Waals surface area contributed by atoms with Crippen LogP contribution in [0.5, 0.6) is 0 Å². The Bertz CT molecular complexity index is 744. The largest absolute Gasteiger partial charge is 0.449 e. The summed E-state index contributed by atoms with van der Waals surface area (Å²) in [7, 11) is 0. The molecule has 0 bridgehead atoms. The molecule has 0 atom stereocenters. The summed E-state index contributed by atoms with van der Waals surface area (Å²) in [5.41, 5.74) is 3.36. The normalized spacial score (nSPS) is 10.6. The molecule has 0 N–H and O–H groups in total. The van der Waals surface area contributed by atoms with Gasteiger partial charge in [0.05, 0.1) is 5.56 Å². The van der Waals surface area contributed by atoms with Crippen LogP contribution in [0.2, 0.25) is 0 Å². The maximum absolute atomic E-state index is 12.5. The van der Waals surface area contributed by atoms with E-state index in [-0.39, 0.29) is 5.97 Å². The maximum Gasteiger partial charge on any atom is 0.339 e. The van der Waals surface area contributed by atoms with Gasteiger partial charge in [-0.25, -0.2) is 4.79 Å². The molecule has 0 amide bonds. The number of carbonyl (C=O) groups is 1. The lowest BCUT2D eigenvalue weighted by molar-refractivity contribution is 0.0378. The molecule has 0 aromatic heterocycles. The molecule has 0 heterocycles. The van der Waals surface area contributed by atoms with Gasteiger partial charge in [0, 0.05) is 5.88 Å². The van der Waals surface area contributed by atoms with Gasteiger partial charge in [-0.2, -0.15) is 0 Å². The summed E-state index contributed by atoms with van der Waals surface area (Å²) < 4.78 is 5.81. The molecule has 24 heavy (non-hydrogen) atoms. The molecule has 0 aliphatic rings. The van der Waals surface area contributed by atoms with Crippen LogP contribution in [0.4, 0.5) is 0 Å². The minimum absolute atomic E-state index is 0.353. The number of esters is 1. The molecular formula is C21H17ClO2. The van der Waals surface area contributed by atoms with Crippen LogP contribution in [-0.4, -0.2) is 5.97 Å². The molecule has 0 fully saturated rings. The molecule has 0 aliphatic heterocycles. The Morgan fingerprint density at radius 3 is 1.75 bits per heavy atom. The number of benzene rings is 3. The van der Waals surface area contributed by atoms with Gasteiger partial charge in [0.15, 0.2) is 6.10 Å². The Balaban J connectivity index is 1.87. The second-order valence-electron chi connectivity index (χ2n) is 5.44. The lowest BCUT2D eigenvalue weighted by Gasteiger charge is -2.19. The number of carbonyl (C=O) groups excluding carboxylic acids is 1. The standard InChI is InChI=1S/C21H17ClO2/c22-15-16-11-13-19(14-12-16)21(23)24-20(17-7-3-1-4-8-17)18-9-5-2-6-10-18/h1-14,20H,15H2. The van der Waals surface area contributed by atoms with Gasteiger partial charge in [0.1, 0.15) is 0 Å². The Labute approximate surface area is 146 Å². The molecule has 3 heteroatoms. The number of halogens is 1. The third-order valence-corrected chi connectivity index (χ3v) is 4.08. The van der Waals surface area contributed by atoms with Gasteiger partial charge in [-0.15, -0.1) is 11.6 Å². The summed E-state index contributed by atoms with van der Waals surface area (Å²) in [6.45, 7) is 0. The van der Waals surface area contributed by atoms with Gasteiger partial charge in [0.25, 0.3) is 0 Å². The topological polar surface area (TPSA) is 26.3 Å². The van der Waals surface area contributed by atoms with Crippen LogP contribution >= 0.6 is 11.6 Å². The minimum Gasteiger partial charge on any atom is -0.449 e. The smallest absolute Gasteiger partial charge is 0.339 e. The van der Waals surface area contributed by atoms with E-state index in [2.05, 4.69) is 0 Å². The van der Waals surface area contributed by atoms with Crippen molar-refractivity contribution in [1.29, 1.82) is 0 Å². The molecule has 120 valence electrons. The van der Waals surface area contributed by atoms with Gasteiger partial charge >= 0.3 is 5.97 Å². The molecule has 0 spiro atoms. The van der Waals surface area contributed by atoms with E-state index in [4.69, 9.17) is 16.3 Å². The summed E-state index contributed by atoms with van der Waals surface area (Å²) >= 11 is 5.79. The van der Waals surface area contributed by atoms with E-state index in [1.807, 2.05) is 72.8 Å². The van der Waals surface area contributed by atoms with E-state index in [9.17, 15) is 4.79 Å². The number of hydrogen-bond donors (Lipinski definition) is 0. The zero-order valence-corrected chi connectivity index (χ0v) is 13.8. The highest BCUT2D eigenvalue weighted by Crippen LogP contribution is 2.27. The predicted octanol–water partition coefficient (Wildman–Crippen LogP) is 5.37. The molecule has 0 saturated heterocycles. The lowest BCUT2D eigenvalue weighted by Crippen LogP contribution is -2.13. The van der Waals surface area contributed by atoms with E-state index in [1.54, 1.807) is 12.1 Å². The molecule has 0 saturated carbocycles. The fourth-order valence-electron chi connectivity index (χ4n) is 2.49. The summed E-state index contributed by atoms with van der Waals surface area (Å²) in [4.78, 5) is 12.5. The molecule has 0 radical (unpaired) electrons. The van der Waals surface area contributed by atoms with Crippen LogP contribution in [0, 0.1) is 0 Å². The Hall–Kier alpha value is -2.58. The van der Waals surface area contributed by atoms with E-state index in [1.165, 1.54) is 0 Å². The Kier molecular flexibility index (Phi) is 5.29. The lowest BCUT2D eigenvalue weighted by atomic mass is 10.0.